The molecule has 4 heteroatoms. The normalized spacial score (nSPS) is 14.8. The van der Waals surface area contributed by atoms with E-state index in [0.717, 1.165) is 112 Å². The molecule has 2 aliphatic carbocycles. The summed E-state index contributed by atoms with van der Waals surface area (Å²) in [4.78, 5) is 4.25. The standard InChI is InChI=1S/C94H70F2N2/c1-7-65-31-39-71(40-32-65)93(87-55-61(3)27-29-63(87)5)85-25-17-15-23-79(85)81-51-47-75(57-89(81)93)97(73-43-35-69(36-44-73)67-19-11-9-12-20-67)77-49-53-83(91(95)59-77)84-54-50-78(60-92(84)96)98(74-45-37-70(38-46-74)68-21-13-10-14-22-68)76-48-52-82-80-24-16-18-26-86(80)94(90(82)58-76,72-41-33-66(8-2)34-42-72)88-56-62(4)28-30-64(88)6/h7-60H,1-2H2,3-6H3. The molecule has 0 saturated carbocycles. The zero-order valence-electron chi connectivity index (χ0n) is 55.2. The van der Waals surface area contributed by atoms with Gasteiger partial charge in [-0.1, -0.05) is 267 Å². The molecule has 16 rings (SSSR count). The van der Waals surface area contributed by atoms with E-state index in [1.807, 2.05) is 60.7 Å². The second-order valence-corrected chi connectivity index (χ2v) is 26.2. The lowest BCUT2D eigenvalue weighted by atomic mass is 9.66. The first-order valence-corrected chi connectivity index (χ1v) is 33.6. The molecule has 98 heavy (non-hydrogen) atoms. The Bertz CT molecular complexity index is 5080. The molecule has 0 amide bonds. The van der Waals surface area contributed by atoms with Crippen LogP contribution in [0.15, 0.2) is 329 Å². The zero-order chi connectivity index (χ0) is 66.8. The number of rotatable bonds is 15. The fraction of sp³-hybridized carbons (Fsp3) is 0.0638. The van der Waals surface area contributed by atoms with Crippen LogP contribution in [0.5, 0.6) is 0 Å². The third-order valence-corrected chi connectivity index (χ3v) is 20.5. The minimum absolute atomic E-state index is 0.147. The van der Waals surface area contributed by atoms with Gasteiger partial charge in [-0.05, 0) is 224 Å². The summed E-state index contributed by atoms with van der Waals surface area (Å²) in [6, 6.07) is 110. The van der Waals surface area contributed by atoms with Crippen LogP contribution in [0.4, 0.5) is 42.9 Å². The van der Waals surface area contributed by atoms with Gasteiger partial charge in [0.05, 0.1) is 10.8 Å². The van der Waals surface area contributed by atoms with Crippen molar-refractivity contribution in [2.24, 2.45) is 0 Å². The first-order chi connectivity index (χ1) is 47.9. The zero-order valence-corrected chi connectivity index (χ0v) is 55.2. The van der Waals surface area contributed by atoms with Crippen LogP contribution in [0.3, 0.4) is 0 Å². The highest BCUT2D eigenvalue weighted by Gasteiger charge is 2.49. The Morgan fingerprint density at radius 1 is 0.265 bits per heavy atom. The Kier molecular flexibility index (Phi) is 15.3. The van der Waals surface area contributed by atoms with Gasteiger partial charge in [-0.2, -0.15) is 0 Å². The molecule has 0 heterocycles. The summed E-state index contributed by atoms with van der Waals surface area (Å²) in [5, 5.41) is 0. The van der Waals surface area contributed by atoms with Crippen molar-refractivity contribution in [3.8, 4) is 55.6 Å². The highest BCUT2D eigenvalue weighted by molar-refractivity contribution is 5.93. The number of benzene rings is 14. The van der Waals surface area contributed by atoms with Crippen molar-refractivity contribution >= 4 is 46.3 Å². The monoisotopic (exact) mass is 1260 g/mol. The van der Waals surface area contributed by atoms with Gasteiger partial charge in [-0.25, -0.2) is 8.78 Å². The van der Waals surface area contributed by atoms with Crippen LogP contribution in [0, 0.1) is 39.3 Å². The largest absolute Gasteiger partial charge is 0.310 e. The number of fused-ring (bicyclic) bond motifs is 6. The average molecular weight is 1270 g/mol. The molecule has 2 aliphatic rings. The van der Waals surface area contributed by atoms with Crippen molar-refractivity contribution in [2.75, 3.05) is 9.80 Å². The Hall–Kier alpha value is -12.0. The maximum Gasteiger partial charge on any atom is 0.133 e. The third kappa shape index (κ3) is 10.1. The lowest BCUT2D eigenvalue weighted by Gasteiger charge is -2.36. The van der Waals surface area contributed by atoms with E-state index in [1.54, 1.807) is 24.3 Å². The van der Waals surface area contributed by atoms with Crippen LogP contribution in [0.25, 0.3) is 67.8 Å². The van der Waals surface area contributed by atoms with E-state index >= 15 is 8.78 Å². The first kappa shape index (κ1) is 60.9. The molecule has 0 spiro atoms. The van der Waals surface area contributed by atoms with E-state index in [-0.39, 0.29) is 11.1 Å². The van der Waals surface area contributed by atoms with E-state index in [0.29, 0.717) is 11.4 Å². The number of halogens is 2. The number of anilines is 6. The van der Waals surface area contributed by atoms with Gasteiger partial charge in [0, 0.05) is 45.3 Å². The number of nitrogens with zero attached hydrogens (tertiary/aromatic N) is 2. The summed E-state index contributed by atoms with van der Waals surface area (Å²) >= 11 is 0. The predicted molar refractivity (Wildman–Crippen MR) is 406 cm³/mol. The number of hydrogen-bond acceptors (Lipinski definition) is 2. The first-order valence-electron chi connectivity index (χ1n) is 33.6. The summed E-state index contributed by atoms with van der Waals surface area (Å²) in [5.41, 5.74) is 28.2. The minimum Gasteiger partial charge on any atom is -0.310 e. The molecule has 14 aromatic rings. The Balaban J connectivity index is 0.838. The summed E-state index contributed by atoms with van der Waals surface area (Å²) in [6.07, 6.45) is 3.77. The van der Waals surface area contributed by atoms with E-state index in [1.165, 1.54) is 33.4 Å². The lowest BCUT2D eigenvalue weighted by molar-refractivity contribution is 0.616. The summed E-state index contributed by atoms with van der Waals surface area (Å²) in [6.45, 7) is 16.9. The molecule has 2 nitrogen and oxygen atoms in total. The Morgan fingerprint density at radius 2 is 0.582 bits per heavy atom. The predicted octanol–water partition coefficient (Wildman–Crippen LogP) is 25.2. The fourth-order valence-corrected chi connectivity index (χ4v) is 15.8. The van der Waals surface area contributed by atoms with E-state index < -0.39 is 22.5 Å². The van der Waals surface area contributed by atoms with Gasteiger partial charge in [0.15, 0.2) is 0 Å². The SMILES string of the molecule is C=Cc1ccc(C2(c3cc(C)ccc3C)c3ccccc3-c3ccc(N(c4ccc(-c5ccccc5)cc4)c4ccc(-c5ccc(N(c6ccc(-c7ccccc7)cc6)c6ccc7c(c6)C(c6ccc(C=C)cc6)(c6cc(C)ccc6C)c6ccccc6-7)cc5F)c(F)c4)cc32)cc1. The van der Waals surface area contributed by atoms with Gasteiger partial charge >= 0.3 is 0 Å². The number of hydrogen-bond donors (Lipinski definition) is 0. The molecule has 0 fully saturated rings. The molecular weight excluding hydrogens is 1200 g/mol. The molecule has 470 valence electrons. The minimum atomic E-state index is -0.726. The molecule has 0 aromatic heterocycles. The molecule has 2 unspecified atom stereocenters. The summed E-state index contributed by atoms with van der Waals surface area (Å²) in [7, 11) is 0. The second-order valence-electron chi connectivity index (χ2n) is 26.2. The van der Waals surface area contributed by atoms with Crippen LogP contribution in [-0.4, -0.2) is 0 Å². The van der Waals surface area contributed by atoms with Crippen molar-refractivity contribution in [3.05, 3.63) is 418 Å². The van der Waals surface area contributed by atoms with Gasteiger partial charge in [0.1, 0.15) is 11.6 Å². The quantitative estimate of drug-likeness (QED) is 0.101. The smallest absolute Gasteiger partial charge is 0.133 e. The molecule has 14 aromatic carbocycles. The molecule has 0 bridgehead atoms. The van der Waals surface area contributed by atoms with E-state index in [4.69, 9.17) is 0 Å². The maximum atomic E-state index is 17.9. The van der Waals surface area contributed by atoms with Crippen molar-refractivity contribution < 1.29 is 8.78 Å². The molecule has 0 N–H and O–H groups in total. The van der Waals surface area contributed by atoms with Gasteiger partial charge < -0.3 is 9.80 Å². The lowest BCUT2D eigenvalue weighted by Crippen LogP contribution is -2.30. The van der Waals surface area contributed by atoms with Gasteiger partial charge in [0.25, 0.3) is 0 Å². The van der Waals surface area contributed by atoms with Crippen molar-refractivity contribution in [3.63, 3.8) is 0 Å². The Labute approximate surface area is 573 Å². The topological polar surface area (TPSA) is 6.48 Å². The van der Waals surface area contributed by atoms with Crippen molar-refractivity contribution in [1.82, 2.24) is 0 Å². The molecule has 0 saturated heterocycles. The molecule has 0 radical (unpaired) electrons. The summed E-state index contributed by atoms with van der Waals surface area (Å²) in [5.74, 6) is -1.12. The summed E-state index contributed by atoms with van der Waals surface area (Å²) < 4.78 is 35.9. The fourth-order valence-electron chi connectivity index (χ4n) is 15.8. The van der Waals surface area contributed by atoms with E-state index in [2.05, 4.69) is 293 Å². The van der Waals surface area contributed by atoms with Crippen LogP contribution < -0.4 is 9.80 Å². The van der Waals surface area contributed by atoms with E-state index in [9.17, 15) is 0 Å². The van der Waals surface area contributed by atoms with Crippen molar-refractivity contribution in [2.45, 2.75) is 38.5 Å². The van der Waals surface area contributed by atoms with Gasteiger partial charge in [0.2, 0.25) is 0 Å². The third-order valence-electron chi connectivity index (χ3n) is 20.5. The number of aryl methyl sites for hydroxylation is 4. The van der Waals surface area contributed by atoms with Crippen LogP contribution in [0.2, 0.25) is 0 Å². The highest BCUT2D eigenvalue weighted by atomic mass is 19.1. The average Bonchev–Trinajstić information content (AvgIpc) is 1.53. The molecule has 2 atom stereocenters. The maximum absolute atomic E-state index is 17.9. The Morgan fingerprint density at radius 3 is 0.949 bits per heavy atom. The van der Waals surface area contributed by atoms with Crippen LogP contribution in [-0.2, 0) is 10.8 Å². The highest BCUT2D eigenvalue weighted by Crippen LogP contribution is 2.60. The second kappa shape index (κ2) is 24.7. The van der Waals surface area contributed by atoms with Crippen LogP contribution in [0.1, 0.15) is 77.9 Å². The van der Waals surface area contributed by atoms with Gasteiger partial charge in [-0.15, -0.1) is 0 Å². The van der Waals surface area contributed by atoms with Gasteiger partial charge in [-0.3, -0.25) is 0 Å². The van der Waals surface area contributed by atoms with Crippen LogP contribution >= 0.6 is 0 Å². The van der Waals surface area contributed by atoms with Crippen molar-refractivity contribution in [1.29, 1.82) is 0 Å². The molecular formula is C94H70F2N2. The molecule has 0 aliphatic heterocycles.